The average molecular weight is 265 g/mol. The van der Waals surface area contributed by atoms with Crippen molar-refractivity contribution in [1.29, 1.82) is 0 Å². The lowest BCUT2D eigenvalue weighted by Gasteiger charge is -2.30. The van der Waals surface area contributed by atoms with Crippen molar-refractivity contribution in [3.05, 3.63) is 17.5 Å². The summed E-state index contributed by atoms with van der Waals surface area (Å²) >= 11 is 0. The van der Waals surface area contributed by atoms with Gasteiger partial charge in [0.2, 0.25) is 0 Å². The van der Waals surface area contributed by atoms with E-state index in [0.29, 0.717) is 12.0 Å². The summed E-state index contributed by atoms with van der Waals surface area (Å²) in [6.45, 7) is 7.10. The summed E-state index contributed by atoms with van der Waals surface area (Å²) in [4.78, 5) is 0. The van der Waals surface area contributed by atoms with Crippen LogP contribution >= 0.6 is 0 Å². The first-order valence-electron chi connectivity index (χ1n) is 7.59. The number of aryl methyl sites for hydroxylation is 2. The summed E-state index contributed by atoms with van der Waals surface area (Å²) in [6.07, 6.45) is 4.52. The summed E-state index contributed by atoms with van der Waals surface area (Å²) in [7, 11) is 2.06. The standard InChI is InChI=1S/C15H27N3O/c1-4-13-9-14(18(5-2)17-13)10-15(16-3)12-7-6-8-19-11-12/h9,12,15-16H,4-8,10-11H2,1-3H3. The molecule has 0 saturated carbocycles. The molecule has 1 saturated heterocycles. The number of rotatable bonds is 6. The molecule has 2 heterocycles. The molecule has 4 heteroatoms. The van der Waals surface area contributed by atoms with Gasteiger partial charge in [-0.25, -0.2) is 0 Å². The zero-order chi connectivity index (χ0) is 13.7. The first-order chi connectivity index (χ1) is 9.28. The van der Waals surface area contributed by atoms with Gasteiger partial charge in [0.15, 0.2) is 0 Å². The van der Waals surface area contributed by atoms with E-state index < -0.39 is 0 Å². The Bertz CT molecular complexity index is 383. The van der Waals surface area contributed by atoms with E-state index in [4.69, 9.17) is 4.74 Å². The molecular formula is C15H27N3O. The minimum atomic E-state index is 0.493. The average Bonchev–Trinajstić information content (AvgIpc) is 2.87. The Kier molecular flexibility index (Phi) is 5.40. The van der Waals surface area contributed by atoms with Gasteiger partial charge in [0.25, 0.3) is 0 Å². The maximum Gasteiger partial charge on any atom is 0.0624 e. The number of hydrogen-bond donors (Lipinski definition) is 1. The van der Waals surface area contributed by atoms with Gasteiger partial charge in [0, 0.05) is 31.3 Å². The summed E-state index contributed by atoms with van der Waals surface area (Å²) in [6, 6.07) is 2.75. The van der Waals surface area contributed by atoms with E-state index in [1.165, 1.54) is 24.2 Å². The van der Waals surface area contributed by atoms with Crippen molar-refractivity contribution < 1.29 is 4.74 Å². The van der Waals surface area contributed by atoms with Crippen LogP contribution in [-0.4, -0.2) is 36.1 Å². The van der Waals surface area contributed by atoms with E-state index in [1.807, 2.05) is 0 Å². The molecule has 1 aromatic heterocycles. The molecule has 0 spiro atoms. The third kappa shape index (κ3) is 3.57. The van der Waals surface area contributed by atoms with Crippen LogP contribution in [0.4, 0.5) is 0 Å². The van der Waals surface area contributed by atoms with Crippen LogP contribution in [0.25, 0.3) is 0 Å². The number of likely N-dealkylation sites (N-methyl/N-ethyl adjacent to an activating group) is 1. The van der Waals surface area contributed by atoms with Crippen LogP contribution in [0.3, 0.4) is 0 Å². The van der Waals surface area contributed by atoms with E-state index in [2.05, 4.69) is 42.1 Å². The highest BCUT2D eigenvalue weighted by Crippen LogP contribution is 2.20. The third-order valence-electron chi connectivity index (χ3n) is 4.14. The first-order valence-corrected chi connectivity index (χ1v) is 7.59. The van der Waals surface area contributed by atoms with Crippen molar-refractivity contribution in [3.63, 3.8) is 0 Å². The van der Waals surface area contributed by atoms with Crippen LogP contribution in [0.1, 0.15) is 38.1 Å². The van der Waals surface area contributed by atoms with Gasteiger partial charge in [-0.15, -0.1) is 0 Å². The number of ether oxygens (including phenoxy) is 1. The Morgan fingerprint density at radius 2 is 2.37 bits per heavy atom. The Hall–Kier alpha value is -0.870. The minimum Gasteiger partial charge on any atom is -0.381 e. The van der Waals surface area contributed by atoms with Crippen LogP contribution in [0, 0.1) is 5.92 Å². The van der Waals surface area contributed by atoms with Gasteiger partial charge in [-0.05, 0) is 45.2 Å². The lowest BCUT2D eigenvalue weighted by molar-refractivity contribution is 0.0402. The number of hydrogen-bond acceptors (Lipinski definition) is 3. The van der Waals surface area contributed by atoms with Crippen LogP contribution in [0.2, 0.25) is 0 Å². The normalized spacial score (nSPS) is 21.5. The molecule has 2 rings (SSSR count). The Balaban J connectivity index is 2.06. The van der Waals surface area contributed by atoms with Gasteiger partial charge in [-0.1, -0.05) is 6.92 Å². The van der Waals surface area contributed by atoms with E-state index in [9.17, 15) is 0 Å². The fourth-order valence-corrected chi connectivity index (χ4v) is 2.94. The highest BCUT2D eigenvalue weighted by atomic mass is 16.5. The van der Waals surface area contributed by atoms with Crippen LogP contribution in [0.15, 0.2) is 6.07 Å². The van der Waals surface area contributed by atoms with Crippen molar-refractivity contribution in [3.8, 4) is 0 Å². The van der Waals surface area contributed by atoms with Gasteiger partial charge in [0.05, 0.1) is 12.3 Å². The fourth-order valence-electron chi connectivity index (χ4n) is 2.94. The second-order valence-corrected chi connectivity index (χ2v) is 5.37. The molecule has 2 atom stereocenters. The van der Waals surface area contributed by atoms with Gasteiger partial charge in [0.1, 0.15) is 0 Å². The summed E-state index contributed by atoms with van der Waals surface area (Å²) in [5.41, 5.74) is 2.55. The number of nitrogens with zero attached hydrogens (tertiary/aromatic N) is 2. The van der Waals surface area contributed by atoms with Crippen LogP contribution < -0.4 is 5.32 Å². The van der Waals surface area contributed by atoms with Crippen molar-refractivity contribution >= 4 is 0 Å². The van der Waals surface area contributed by atoms with Crippen molar-refractivity contribution in [1.82, 2.24) is 15.1 Å². The molecule has 1 N–H and O–H groups in total. The maximum atomic E-state index is 5.62. The van der Waals surface area contributed by atoms with Crippen LogP contribution in [-0.2, 0) is 24.1 Å². The van der Waals surface area contributed by atoms with E-state index >= 15 is 0 Å². The molecule has 1 fully saturated rings. The molecule has 2 unspecified atom stereocenters. The smallest absolute Gasteiger partial charge is 0.0624 e. The first kappa shape index (κ1) is 14.5. The van der Waals surface area contributed by atoms with E-state index in [-0.39, 0.29) is 0 Å². The number of nitrogens with one attached hydrogen (secondary N) is 1. The van der Waals surface area contributed by atoms with Crippen molar-refractivity contribution in [2.24, 2.45) is 5.92 Å². The lowest BCUT2D eigenvalue weighted by atomic mass is 9.90. The maximum absolute atomic E-state index is 5.62. The third-order valence-corrected chi connectivity index (χ3v) is 4.14. The molecule has 4 nitrogen and oxygen atoms in total. The summed E-state index contributed by atoms with van der Waals surface area (Å²) in [5, 5.41) is 8.12. The molecule has 0 amide bonds. The van der Waals surface area contributed by atoms with Gasteiger partial charge >= 0.3 is 0 Å². The van der Waals surface area contributed by atoms with E-state index in [1.54, 1.807) is 0 Å². The van der Waals surface area contributed by atoms with Crippen molar-refractivity contribution in [2.75, 3.05) is 20.3 Å². The molecule has 19 heavy (non-hydrogen) atoms. The molecule has 108 valence electrons. The second kappa shape index (κ2) is 7.06. The lowest BCUT2D eigenvalue weighted by Crippen LogP contribution is -2.40. The zero-order valence-corrected chi connectivity index (χ0v) is 12.5. The predicted octanol–water partition coefficient (Wildman–Crippen LogP) is 2.02. The highest BCUT2D eigenvalue weighted by Gasteiger charge is 2.24. The van der Waals surface area contributed by atoms with Gasteiger partial charge in [-0.2, -0.15) is 5.10 Å². The molecule has 1 aliphatic heterocycles. The monoisotopic (exact) mass is 265 g/mol. The fraction of sp³-hybridized carbons (Fsp3) is 0.800. The predicted molar refractivity (Wildman–Crippen MR) is 77.4 cm³/mol. The highest BCUT2D eigenvalue weighted by molar-refractivity contribution is 5.12. The van der Waals surface area contributed by atoms with Crippen LogP contribution in [0.5, 0.6) is 0 Å². The van der Waals surface area contributed by atoms with Gasteiger partial charge in [-0.3, -0.25) is 4.68 Å². The minimum absolute atomic E-state index is 0.493. The molecule has 1 aromatic rings. The SMILES string of the molecule is CCc1cc(CC(NC)C2CCCOC2)n(CC)n1. The molecule has 0 radical (unpaired) electrons. The van der Waals surface area contributed by atoms with Crippen molar-refractivity contribution in [2.45, 2.75) is 52.1 Å². The molecule has 0 aromatic carbocycles. The largest absolute Gasteiger partial charge is 0.381 e. The Morgan fingerprint density at radius 1 is 1.53 bits per heavy atom. The molecule has 0 aliphatic carbocycles. The molecule has 0 bridgehead atoms. The summed E-state index contributed by atoms with van der Waals surface area (Å²) in [5.74, 6) is 0.629. The summed E-state index contributed by atoms with van der Waals surface area (Å²) < 4.78 is 7.77. The molecular weight excluding hydrogens is 238 g/mol. The Morgan fingerprint density at radius 3 is 2.95 bits per heavy atom. The van der Waals surface area contributed by atoms with E-state index in [0.717, 1.165) is 32.6 Å². The Labute approximate surface area is 116 Å². The van der Waals surface area contributed by atoms with Gasteiger partial charge < -0.3 is 10.1 Å². The molecule has 1 aliphatic rings. The quantitative estimate of drug-likeness (QED) is 0.855. The number of aromatic nitrogens is 2. The zero-order valence-electron chi connectivity index (χ0n) is 12.5. The second-order valence-electron chi connectivity index (χ2n) is 5.37. The topological polar surface area (TPSA) is 39.1 Å².